The Labute approximate surface area is 125 Å². The summed E-state index contributed by atoms with van der Waals surface area (Å²) in [5.41, 5.74) is 11.1. The van der Waals surface area contributed by atoms with Crippen molar-refractivity contribution in [3.8, 4) is 0 Å². The second-order valence-corrected chi connectivity index (χ2v) is 6.36. The van der Waals surface area contributed by atoms with Crippen LogP contribution in [-0.2, 0) is 11.2 Å². The van der Waals surface area contributed by atoms with Crippen LogP contribution in [-0.4, -0.2) is 5.78 Å². The zero-order chi connectivity index (χ0) is 15.4. The molecule has 0 radical (unpaired) electrons. The highest BCUT2D eigenvalue weighted by Gasteiger charge is 2.46. The SMILES string of the molecule is CCC1=C2c3cc(F)c(N)c(C)c3CC2(CC)CCC1=O. The minimum absolute atomic E-state index is 0.00653. The Bertz CT molecular complexity index is 674. The maximum Gasteiger partial charge on any atom is 0.159 e. The molecule has 2 nitrogen and oxygen atoms in total. The van der Waals surface area contributed by atoms with Crippen molar-refractivity contribution in [2.24, 2.45) is 5.41 Å². The van der Waals surface area contributed by atoms with Crippen LogP contribution >= 0.6 is 0 Å². The van der Waals surface area contributed by atoms with Crippen LogP contribution in [0, 0.1) is 18.2 Å². The summed E-state index contributed by atoms with van der Waals surface area (Å²) in [5, 5.41) is 0. The van der Waals surface area contributed by atoms with Crippen molar-refractivity contribution in [2.75, 3.05) is 5.73 Å². The number of carbonyl (C=O) groups is 1. The minimum atomic E-state index is -0.362. The molecule has 1 aromatic rings. The van der Waals surface area contributed by atoms with Crippen molar-refractivity contribution >= 4 is 17.0 Å². The molecular formula is C18H22FNO. The van der Waals surface area contributed by atoms with Crippen LogP contribution in [0.2, 0.25) is 0 Å². The van der Waals surface area contributed by atoms with Gasteiger partial charge in [-0.1, -0.05) is 13.8 Å². The molecule has 1 aromatic carbocycles. The number of ketones is 1. The van der Waals surface area contributed by atoms with Gasteiger partial charge >= 0.3 is 0 Å². The minimum Gasteiger partial charge on any atom is -0.396 e. The lowest BCUT2D eigenvalue weighted by atomic mass is 9.68. The summed E-state index contributed by atoms with van der Waals surface area (Å²) < 4.78 is 14.1. The van der Waals surface area contributed by atoms with E-state index in [-0.39, 0.29) is 22.7 Å². The summed E-state index contributed by atoms with van der Waals surface area (Å²) in [5.74, 6) is -0.126. The molecule has 0 aromatic heterocycles. The third kappa shape index (κ3) is 1.79. The van der Waals surface area contributed by atoms with Gasteiger partial charge in [0.05, 0.1) is 5.69 Å². The van der Waals surface area contributed by atoms with Gasteiger partial charge in [-0.05, 0) is 66.5 Å². The van der Waals surface area contributed by atoms with E-state index in [0.717, 1.165) is 53.5 Å². The highest BCUT2D eigenvalue weighted by molar-refractivity contribution is 6.06. The summed E-state index contributed by atoms with van der Waals surface area (Å²) >= 11 is 0. The monoisotopic (exact) mass is 287 g/mol. The second-order valence-electron chi connectivity index (χ2n) is 6.36. The lowest BCUT2D eigenvalue weighted by molar-refractivity contribution is -0.116. The van der Waals surface area contributed by atoms with Crippen LogP contribution in [0.1, 0.15) is 56.2 Å². The number of halogens is 1. The predicted molar refractivity (Wildman–Crippen MR) is 83.4 cm³/mol. The van der Waals surface area contributed by atoms with Gasteiger partial charge in [0.15, 0.2) is 5.78 Å². The first-order valence-electron chi connectivity index (χ1n) is 7.79. The molecule has 0 aliphatic heterocycles. The number of anilines is 1. The Kier molecular flexibility index (Phi) is 3.19. The number of nitrogens with two attached hydrogens (primary N) is 1. The molecule has 3 rings (SSSR count). The highest BCUT2D eigenvalue weighted by atomic mass is 19.1. The Balaban J connectivity index is 2.35. The predicted octanol–water partition coefficient (Wildman–Crippen LogP) is 4.20. The topological polar surface area (TPSA) is 43.1 Å². The number of carbonyl (C=O) groups excluding carboxylic acids is 1. The van der Waals surface area contributed by atoms with Crippen molar-refractivity contribution in [1.82, 2.24) is 0 Å². The van der Waals surface area contributed by atoms with E-state index in [0.29, 0.717) is 6.42 Å². The zero-order valence-electron chi connectivity index (χ0n) is 13.0. The summed E-state index contributed by atoms with van der Waals surface area (Å²) in [6.45, 7) is 6.08. The average Bonchev–Trinajstić information content (AvgIpc) is 2.81. The molecule has 0 saturated heterocycles. The number of nitrogen functional groups attached to an aromatic ring is 1. The van der Waals surface area contributed by atoms with Crippen LogP contribution in [0.25, 0.3) is 5.57 Å². The molecule has 1 unspecified atom stereocenters. The first kappa shape index (κ1) is 14.3. The average molecular weight is 287 g/mol. The van der Waals surface area contributed by atoms with E-state index in [4.69, 9.17) is 5.73 Å². The van der Waals surface area contributed by atoms with E-state index in [1.54, 1.807) is 6.07 Å². The lowest BCUT2D eigenvalue weighted by Crippen LogP contribution is -2.28. The number of hydrogen-bond acceptors (Lipinski definition) is 2. The molecule has 2 aliphatic carbocycles. The normalized spacial score (nSPS) is 24.3. The van der Waals surface area contributed by atoms with Crippen LogP contribution in [0.15, 0.2) is 11.6 Å². The van der Waals surface area contributed by atoms with Gasteiger partial charge in [-0.2, -0.15) is 0 Å². The quantitative estimate of drug-likeness (QED) is 0.829. The molecule has 0 spiro atoms. The number of rotatable bonds is 2. The fourth-order valence-corrected chi connectivity index (χ4v) is 4.19. The standard InChI is InChI=1S/C18H22FNO/c1-4-11-15(21)6-7-18(5-2)9-13-10(3)17(20)14(19)8-12(13)16(11)18/h8H,4-7,9,20H2,1-3H3. The Hall–Kier alpha value is -1.64. The second kappa shape index (κ2) is 4.69. The number of benzene rings is 1. The van der Waals surface area contributed by atoms with Crippen LogP contribution in [0.3, 0.4) is 0 Å². The molecule has 3 heteroatoms. The van der Waals surface area contributed by atoms with Crippen LogP contribution in [0.4, 0.5) is 10.1 Å². The summed E-state index contributed by atoms with van der Waals surface area (Å²) in [6.07, 6.45) is 4.08. The maximum absolute atomic E-state index is 14.1. The van der Waals surface area contributed by atoms with Crippen molar-refractivity contribution in [2.45, 2.75) is 52.9 Å². The Morgan fingerprint density at radius 1 is 1.38 bits per heavy atom. The van der Waals surface area contributed by atoms with Crippen molar-refractivity contribution < 1.29 is 9.18 Å². The van der Waals surface area contributed by atoms with E-state index >= 15 is 0 Å². The van der Waals surface area contributed by atoms with E-state index in [1.807, 2.05) is 13.8 Å². The maximum atomic E-state index is 14.1. The Morgan fingerprint density at radius 3 is 2.71 bits per heavy atom. The summed E-state index contributed by atoms with van der Waals surface area (Å²) in [6, 6.07) is 1.55. The van der Waals surface area contributed by atoms with Gasteiger partial charge in [-0.15, -0.1) is 0 Å². The number of hydrogen-bond donors (Lipinski definition) is 1. The van der Waals surface area contributed by atoms with Gasteiger partial charge in [0.25, 0.3) is 0 Å². The van der Waals surface area contributed by atoms with E-state index in [1.165, 1.54) is 0 Å². The largest absolute Gasteiger partial charge is 0.396 e. The van der Waals surface area contributed by atoms with E-state index in [2.05, 4.69) is 6.92 Å². The van der Waals surface area contributed by atoms with Crippen LogP contribution in [0.5, 0.6) is 0 Å². The zero-order valence-corrected chi connectivity index (χ0v) is 13.0. The molecule has 2 aliphatic rings. The molecule has 0 heterocycles. The van der Waals surface area contributed by atoms with Gasteiger partial charge in [0.2, 0.25) is 0 Å². The first-order valence-corrected chi connectivity index (χ1v) is 7.79. The first-order chi connectivity index (χ1) is 9.95. The molecule has 0 fully saturated rings. The molecular weight excluding hydrogens is 265 g/mol. The van der Waals surface area contributed by atoms with Crippen LogP contribution < -0.4 is 5.73 Å². The van der Waals surface area contributed by atoms with Gasteiger partial charge < -0.3 is 5.73 Å². The number of allylic oxidation sites excluding steroid dienone is 2. The Morgan fingerprint density at radius 2 is 2.10 bits per heavy atom. The lowest BCUT2D eigenvalue weighted by Gasteiger charge is -2.35. The molecule has 112 valence electrons. The van der Waals surface area contributed by atoms with Gasteiger partial charge in [0, 0.05) is 11.8 Å². The van der Waals surface area contributed by atoms with Gasteiger partial charge in [0.1, 0.15) is 5.82 Å². The van der Waals surface area contributed by atoms with Crippen molar-refractivity contribution in [3.63, 3.8) is 0 Å². The summed E-state index contributed by atoms with van der Waals surface area (Å²) in [4.78, 5) is 12.3. The smallest absolute Gasteiger partial charge is 0.159 e. The molecule has 1 atom stereocenters. The van der Waals surface area contributed by atoms with Crippen molar-refractivity contribution in [1.29, 1.82) is 0 Å². The third-order valence-corrected chi connectivity index (χ3v) is 5.52. The molecule has 0 saturated carbocycles. The number of Topliss-reactive ketones (excluding diaryl/α,β-unsaturated/α-hetero) is 1. The van der Waals surface area contributed by atoms with Crippen molar-refractivity contribution in [3.05, 3.63) is 34.1 Å². The third-order valence-electron chi connectivity index (χ3n) is 5.52. The molecule has 0 amide bonds. The molecule has 0 bridgehead atoms. The van der Waals surface area contributed by atoms with E-state index < -0.39 is 0 Å². The highest BCUT2D eigenvalue weighted by Crippen LogP contribution is 2.57. The molecule has 2 N–H and O–H groups in total. The molecule has 21 heavy (non-hydrogen) atoms. The number of fused-ring (bicyclic) bond motifs is 3. The fourth-order valence-electron chi connectivity index (χ4n) is 4.19. The fraction of sp³-hybridized carbons (Fsp3) is 0.500. The van der Waals surface area contributed by atoms with Gasteiger partial charge in [-0.3, -0.25) is 4.79 Å². The summed E-state index contributed by atoms with van der Waals surface area (Å²) in [7, 11) is 0. The van der Waals surface area contributed by atoms with E-state index in [9.17, 15) is 9.18 Å². The van der Waals surface area contributed by atoms with Gasteiger partial charge in [-0.25, -0.2) is 4.39 Å².